The van der Waals surface area contributed by atoms with Gasteiger partial charge in [-0.3, -0.25) is 0 Å². The first-order chi connectivity index (χ1) is 8.06. The van der Waals surface area contributed by atoms with Crippen LogP contribution in [0.15, 0.2) is 18.2 Å². The van der Waals surface area contributed by atoms with Crippen molar-refractivity contribution in [2.24, 2.45) is 0 Å². The SMILES string of the molecule is CCN(CC)CC(C)Nc1ccc(Cl)cc1N. The van der Waals surface area contributed by atoms with Crippen molar-refractivity contribution in [1.29, 1.82) is 0 Å². The van der Waals surface area contributed by atoms with Crippen LogP contribution < -0.4 is 11.1 Å². The second kappa shape index (κ2) is 6.72. The van der Waals surface area contributed by atoms with Crippen molar-refractivity contribution in [1.82, 2.24) is 4.90 Å². The van der Waals surface area contributed by atoms with Crippen molar-refractivity contribution < 1.29 is 0 Å². The average Bonchev–Trinajstić information content (AvgIpc) is 2.29. The largest absolute Gasteiger partial charge is 0.397 e. The molecular formula is C13H22ClN3. The predicted molar refractivity (Wildman–Crippen MR) is 76.7 cm³/mol. The van der Waals surface area contributed by atoms with Crippen LogP contribution >= 0.6 is 11.6 Å². The Morgan fingerprint density at radius 2 is 2.00 bits per heavy atom. The van der Waals surface area contributed by atoms with E-state index in [0.29, 0.717) is 16.8 Å². The number of nitrogens with two attached hydrogens (primary N) is 1. The first-order valence-electron chi connectivity index (χ1n) is 6.10. The Kier molecular flexibility index (Phi) is 5.59. The fourth-order valence-corrected chi connectivity index (χ4v) is 2.03. The van der Waals surface area contributed by atoms with Crippen molar-refractivity contribution in [2.45, 2.75) is 26.8 Å². The Labute approximate surface area is 109 Å². The molecule has 4 heteroatoms. The van der Waals surface area contributed by atoms with E-state index in [1.807, 2.05) is 12.1 Å². The molecule has 96 valence electrons. The highest BCUT2D eigenvalue weighted by Crippen LogP contribution is 2.23. The zero-order chi connectivity index (χ0) is 12.8. The number of likely N-dealkylation sites (N-methyl/N-ethyl adjacent to an activating group) is 1. The van der Waals surface area contributed by atoms with Crippen LogP contribution in [0.3, 0.4) is 0 Å². The average molecular weight is 256 g/mol. The molecule has 0 spiro atoms. The van der Waals surface area contributed by atoms with Gasteiger partial charge in [0.15, 0.2) is 0 Å². The molecule has 3 N–H and O–H groups in total. The molecule has 1 aromatic rings. The van der Waals surface area contributed by atoms with Gasteiger partial charge in [0.25, 0.3) is 0 Å². The third-order valence-corrected chi connectivity index (χ3v) is 3.08. The normalized spacial score (nSPS) is 12.8. The highest BCUT2D eigenvalue weighted by atomic mass is 35.5. The molecule has 0 aliphatic heterocycles. The minimum Gasteiger partial charge on any atom is -0.397 e. The molecule has 0 aliphatic carbocycles. The van der Waals surface area contributed by atoms with Gasteiger partial charge in [-0.25, -0.2) is 0 Å². The van der Waals surface area contributed by atoms with Gasteiger partial charge in [-0.15, -0.1) is 0 Å². The zero-order valence-electron chi connectivity index (χ0n) is 10.8. The third kappa shape index (κ3) is 4.44. The molecule has 0 heterocycles. The van der Waals surface area contributed by atoms with E-state index in [9.17, 15) is 0 Å². The number of hydrogen-bond acceptors (Lipinski definition) is 3. The summed E-state index contributed by atoms with van der Waals surface area (Å²) in [6.45, 7) is 9.65. The van der Waals surface area contributed by atoms with Crippen LogP contribution in [0.2, 0.25) is 5.02 Å². The second-order valence-corrected chi connectivity index (χ2v) is 4.70. The first-order valence-corrected chi connectivity index (χ1v) is 6.48. The smallest absolute Gasteiger partial charge is 0.0577 e. The number of hydrogen-bond donors (Lipinski definition) is 2. The lowest BCUT2D eigenvalue weighted by molar-refractivity contribution is 0.295. The number of halogens is 1. The Morgan fingerprint density at radius 3 is 2.53 bits per heavy atom. The van der Waals surface area contributed by atoms with Crippen molar-refractivity contribution in [3.63, 3.8) is 0 Å². The molecule has 1 atom stereocenters. The molecular weight excluding hydrogens is 234 g/mol. The van der Waals surface area contributed by atoms with Crippen LogP contribution in [-0.4, -0.2) is 30.6 Å². The van der Waals surface area contributed by atoms with E-state index in [0.717, 1.165) is 25.3 Å². The molecule has 17 heavy (non-hydrogen) atoms. The van der Waals surface area contributed by atoms with Crippen molar-refractivity contribution in [2.75, 3.05) is 30.7 Å². The number of nitrogen functional groups attached to an aromatic ring is 1. The molecule has 3 nitrogen and oxygen atoms in total. The molecule has 1 unspecified atom stereocenters. The van der Waals surface area contributed by atoms with Gasteiger partial charge in [0.1, 0.15) is 0 Å². The van der Waals surface area contributed by atoms with Crippen LogP contribution in [0.25, 0.3) is 0 Å². The number of benzene rings is 1. The van der Waals surface area contributed by atoms with Crippen molar-refractivity contribution in [3.8, 4) is 0 Å². The van der Waals surface area contributed by atoms with Gasteiger partial charge in [0.2, 0.25) is 0 Å². The Bertz CT molecular complexity index is 351. The van der Waals surface area contributed by atoms with Crippen molar-refractivity contribution >= 4 is 23.0 Å². The van der Waals surface area contributed by atoms with E-state index < -0.39 is 0 Å². The molecule has 0 fully saturated rings. The highest BCUT2D eigenvalue weighted by molar-refractivity contribution is 6.31. The summed E-state index contributed by atoms with van der Waals surface area (Å²) in [6, 6.07) is 5.91. The maximum Gasteiger partial charge on any atom is 0.0577 e. The topological polar surface area (TPSA) is 41.3 Å². The molecule has 0 saturated heterocycles. The van der Waals surface area contributed by atoms with Gasteiger partial charge in [0.05, 0.1) is 11.4 Å². The maximum absolute atomic E-state index is 5.90. The van der Waals surface area contributed by atoms with Gasteiger partial charge < -0.3 is 16.0 Å². The molecule has 1 aromatic carbocycles. The summed E-state index contributed by atoms with van der Waals surface area (Å²) < 4.78 is 0. The quantitative estimate of drug-likeness (QED) is 0.768. The van der Waals surface area contributed by atoms with Gasteiger partial charge in [-0.2, -0.15) is 0 Å². The lowest BCUT2D eigenvalue weighted by Gasteiger charge is -2.24. The number of nitrogens with zero attached hydrogens (tertiary/aromatic N) is 1. The maximum atomic E-state index is 5.90. The lowest BCUT2D eigenvalue weighted by Crippen LogP contribution is -2.34. The predicted octanol–water partition coefficient (Wildman–Crippen LogP) is 3.06. The van der Waals surface area contributed by atoms with E-state index in [1.54, 1.807) is 6.07 Å². The molecule has 0 amide bonds. The van der Waals surface area contributed by atoms with E-state index >= 15 is 0 Å². The molecule has 0 bridgehead atoms. The van der Waals surface area contributed by atoms with Crippen molar-refractivity contribution in [3.05, 3.63) is 23.2 Å². The number of anilines is 2. The van der Waals surface area contributed by atoms with E-state index in [2.05, 4.69) is 31.0 Å². The summed E-state index contributed by atoms with van der Waals surface area (Å²) in [5.41, 5.74) is 7.56. The molecule has 0 aliphatic rings. The Morgan fingerprint density at radius 1 is 1.35 bits per heavy atom. The summed E-state index contributed by atoms with van der Waals surface area (Å²) >= 11 is 5.87. The molecule has 1 rings (SSSR count). The second-order valence-electron chi connectivity index (χ2n) is 4.26. The Hall–Kier alpha value is -0.930. The molecule has 0 aromatic heterocycles. The van der Waals surface area contributed by atoms with Gasteiger partial charge >= 0.3 is 0 Å². The monoisotopic (exact) mass is 255 g/mol. The summed E-state index contributed by atoms with van der Waals surface area (Å²) in [6.07, 6.45) is 0. The molecule has 0 radical (unpaired) electrons. The van der Waals surface area contributed by atoms with E-state index in [4.69, 9.17) is 17.3 Å². The summed E-state index contributed by atoms with van der Waals surface area (Å²) in [5, 5.41) is 4.08. The summed E-state index contributed by atoms with van der Waals surface area (Å²) in [7, 11) is 0. The zero-order valence-corrected chi connectivity index (χ0v) is 11.6. The number of rotatable bonds is 6. The van der Waals surface area contributed by atoms with E-state index in [-0.39, 0.29) is 0 Å². The van der Waals surface area contributed by atoms with Crippen LogP contribution in [-0.2, 0) is 0 Å². The minimum absolute atomic E-state index is 0.360. The third-order valence-electron chi connectivity index (χ3n) is 2.84. The van der Waals surface area contributed by atoms with Gasteiger partial charge in [-0.1, -0.05) is 25.4 Å². The van der Waals surface area contributed by atoms with Gasteiger partial charge in [-0.05, 0) is 38.2 Å². The van der Waals surface area contributed by atoms with Crippen LogP contribution in [0.1, 0.15) is 20.8 Å². The minimum atomic E-state index is 0.360. The summed E-state index contributed by atoms with van der Waals surface area (Å²) in [4.78, 5) is 2.38. The number of nitrogens with one attached hydrogen (secondary N) is 1. The standard InChI is InChI=1S/C13H22ClN3/c1-4-17(5-2)9-10(3)16-13-7-6-11(14)8-12(13)15/h6-8,10,16H,4-5,9,15H2,1-3H3. The Balaban J connectivity index is 2.58. The fourth-order valence-electron chi connectivity index (χ4n) is 1.85. The van der Waals surface area contributed by atoms with Gasteiger partial charge in [0, 0.05) is 17.6 Å². The van der Waals surface area contributed by atoms with Crippen LogP contribution in [0.5, 0.6) is 0 Å². The van der Waals surface area contributed by atoms with Crippen LogP contribution in [0, 0.1) is 0 Å². The highest BCUT2D eigenvalue weighted by Gasteiger charge is 2.08. The fraction of sp³-hybridized carbons (Fsp3) is 0.538. The lowest BCUT2D eigenvalue weighted by atomic mass is 10.2. The first kappa shape index (κ1) is 14.1. The van der Waals surface area contributed by atoms with Crippen LogP contribution in [0.4, 0.5) is 11.4 Å². The van der Waals surface area contributed by atoms with E-state index in [1.165, 1.54) is 0 Å². The summed E-state index contributed by atoms with van der Waals surface area (Å²) in [5.74, 6) is 0. The molecule has 0 saturated carbocycles.